The van der Waals surface area contributed by atoms with Crippen LogP contribution >= 0.6 is 0 Å². The van der Waals surface area contributed by atoms with Gasteiger partial charge in [0.05, 0.1) is 0 Å². The Bertz CT molecular complexity index is 111. The second-order valence-corrected chi connectivity index (χ2v) is 2.23. The fourth-order valence-electron chi connectivity index (χ4n) is 0.632. The Hall–Kier alpha value is 0.650. The molecule has 0 heterocycles. The molecule has 0 amide bonds. The van der Waals surface area contributed by atoms with Crippen molar-refractivity contribution in [1.29, 1.82) is 0 Å². The van der Waals surface area contributed by atoms with Gasteiger partial charge >= 0.3 is 5.97 Å². The zero-order valence-electron chi connectivity index (χ0n) is 6.27. The first-order valence-corrected chi connectivity index (χ1v) is 3.37. The Kier molecular flexibility index (Phi) is 11.3. The second-order valence-electron chi connectivity index (χ2n) is 2.23. The molecule has 0 saturated carbocycles. The quantitative estimate of drug-likeness (QED) is 0.506. The zero-order chi connectivity index (χ0) is 7.98. The average molecular weight is 186 g/mol. The summed E-state index contributed by atoms with van der Waals surface area (Å²) >= 11 is 0. The van der Waals surface area contributed by atoms with Gasteiger partial charge in [-0.05, 0) is 19.4 Å². The molecule has 5 heteroatoms. The minimum Gasteiger partial charge on any atom is -0.480 e. The van der Waals surface area contributed by atoms with Crippen molar-refractivity contribution in [2.75, 3.05) is 6.54 Å². The summed E-state index contributed by atoms with van der Waals surface area (Å²) in [6.45, 7) is 0.604. The predicted octanol–water partition coefficient (Wildman–Crippen LogP) is -0.473. The Morgan fingerprint density at radius 1 is 1.45 bits per heavy atom. The molecule has 0 aliphatic carbocycles. The SMILES string of the molecule is NCCCC[C@H](N)C(=O)O.[Ar]. The van der Waals surface area contributed by atoms with Crippen LogP contribution in [-0.4, -0.2) is 23.7 Å². The van der Waals surface area contributed by atoms with Gasteiger partial charge in [0.15, 0.2) is 0 Å². The van der Waals surface area contributed by atoms with Gasteiger partial charge in [-0.1, -0.05) is 6.42 Å². The van der Waals surface area contributed by atoms with Gasteiger partial charge < -0.3 is 16.6 Å². The summed E-state index contributed by atoms with van der Waals surface area (Å²) in [6.07, 6.45) is 2.16. The van der Waals surface area contributed by atoms with E-state index in [1.807, 2.05) is 0 Å². The maximum absolute atomic E-state index is 10.1. The number of aliphatic carboxylic acids is 1. The number of carboxylic acids is 1. The van der Waals surface area contributed by atoms with Crippen molar-refractivity contribution in [1.82, 2.24) is 0 Å². The third-order valence-corrected chi connectivity index (χ3v) is 1.29. The van der Waals surface area contributed by atoms with E-state index < -0.39 is 12.0 Å². The minimum atomic E-state index is -0.933. The van der Waals surface area contributed by atoms with Crippen LogP contribution in [0, 0.1) is 37.7 Å². The van der Waals surface area contributed by atoms with Crippen LogP contribution in [0.5, 0.6) is 0 Å². The smallest absolute Gasteiger partial charge is 0.320 e. The van der Waals surface area contributed by atoms with Crippen molar-refractivity contribution >= 4 is 5.97 Å². The van der Waals surface area contributed by atoms with Crippen LogP contribution in [0.2, 0.25) is 0 Å². The molecule has 0 aromatic heterocycles. The summed E-state index contributed by atoms with van der Waals surface area (Å²) in [7, 11) is 0. The predicted molar refractivity (Wildman–Crippen MR) is 38.5 cm³/mol. The Morgan fingerprint density at radius 2 is 2.00 bits per heavy atom. The molecule has 5 N–H and O–H groups in total. The molecule has 0 unspecified atom stereocenters. The molecule has 1 atom stereocenters. The van der Waals surface area contributed by atoms with Gasteiger partial charge in [0.2, 0.25) is 0 Å². The van der Waals surface area contributed by atoms with Crippen molar-refractivity contribution in [2.45, 2.75) is 25.3 Å². The normalized spacial score (nSPS) is 11.8. The summed E-state index contributed by atoms with van der Waals surface area (Å²) in [6, 6.07) is -0.716. The Morgan fingerprint density at radius 3 is 2.36 bits per heavy atom. The fraction of sp³-hybridized carbons (Fsp3) is 0.833. The largest absolute Gasteiger partial charge is 0.480 e. The molecule has 0 aliphatic rings. The number of hydrogen-bond acceptors (Lipinski definition) is 3. The molecule has 0 fully saturated rings. The van der Waals surface area contributed by atoms with Crippen LogP contribution in [0.25, 0.3) is 0 Å². The molecule has 0 saturated heterocycles. The van der Waals surface area contributed by atoms with Crippen LogP contribution in [0.4, 0.5) is 0 Å². The molecule has 4 nitrogen and oxygen atoms in total. The third kappa shape index (κ3) is 8.56. The zero-order valence-corrected chi connectivity index (χ0v) is 6.98. The van der Waals surface area contributed by atoms with Crippen LogP contribution in [-0.2, 0) is 4.79 Å². The van der Waals surface area contributed by atoms with Gasteiger partial charge in [-0.3, -0.25) is 4.79 Å². The van der Waals surface area contributed by atoms with E-state index in [0.29, 0.717) is 13.0 Å². The third-order valence-electron chi connectivity index (χ3n) is 1.29. The molecule has 11 heavy (non-hydrogen) atoms. The number of unbranched alkanes of at least 4 members (excludes halogenated alkanes) is 1. The van der Waals surface area contributed by atoms with E-state index in [2.05, 4.69) is 0 Å². The van der Waals surface area contributed by atoms with Crippen LogP contribution < -0.4 is 11.5 Å². The maximum Gasteiger partial charge on any atom is 0.320 e. The number of carbonyl (C=O) groups is 1. The van der Waals surface area contributed by atoms with Crippen LogP contribution in [0.15, 0.2) is 0 Å². The van der Waals surface area contributed by atoms with Gasteiger partial charge in [-0.25, -0.2) is 0 Å². The maximum atomic E-state index is 10.1. The first-order valence-electron chi connectivity index (χ1n) is 3.37. The fourth-order valence-corrected chi connectivity index (χ4v) is 0.632. The van der Waals surface area contributed by atoms with Gasteiger partial charge in [0.1, 0.15) is 6.04 Å². The van der Waals surface area contributed by atoms with Crippen LogP contribution in [0.3, 0.4) is 0 Å². The summed E-state index contributed by atoms with van der Waals surface area (Å²) in [5, 5.41) is 8.33. The molecule has 0 bridgehead atoms. The minimum absolute atomic E-state index is 0. The molecule has 0 aromatic carbocycles. The van der Waals surface area contributed by atoms with Crippen molar-refractivity contribution in [3.63, 3.8) is 0 Å². The van der Waals surface area contributed by atoms with Crippen LogP contribution in [0.1, 0.15) is 19.3 Å². The summed E-state index contributed by atoms with van der Waals surface area (Å²) in [4.78, 5) is 10.1. The van der Waals surface area contributed by atoms with Gasteiger partial charge in [0, 0.05) is 37.7 Å². The van der Waals surface area contributed by atoms with Crippen molar-refractivity contribution in [3.05, 3.63) is 0 Å². The van der Waals surface area contributed by atoms with E-state index in [1.165, 1.54) is 0 Å². The average Bonchev–Trinajstić information content (AvgIpc) is 1.88. The van der Waals surface area contributed by atoms with E-state index in [9.17, 15) is 4.79 Å². The second kappa shape index (κ2) is 8.74. The molecule has 0 radical (unpaired) electrons. The number of nitrogens with two attached hydrogens (primary N) is 2. The van der Waals surface area contributed by atoms with E-state index in [4.69, 9.17) is 16.6 Å². The van der Waals surface area contributed by atoms with Gasteiger partial charge in [0.25, 0.3) is 0 Å². The number of hydrogen-bond donors (Lipinski definition) is 3. The topological polar surface area (TPSA) is 89.3 Å². The molecule has 0 rings (SSSR count). The Labute approximate surface area is 96.3 Å². The molecule has 0 aromatic rings. The van der Waals surface area contributed by atoms with E-state index in [0.717, 1.165) is 12.8 Å². The number of rotatable bonds is 5. The van der Waals surface area contributed by atoms with Crippen molar-refractivity contribution < 1.29 is 47.6 Å². The number of carboxylic acid groups (broad SMARTS) is 1. The molecule has 68 valence electrons. The van der Waals surface area contributed by atoms with E-state index >= 15 is 0 Å². The summed E-state index contributed by atoms with van der Waals surface area (Å²) in [5.74, 6) is -0.933. The first kappa shape index (κ1) is 14.2. The molecular weight excluding hydrogens is 172 g/mol. The van der Waals surface area contributed by atoms with Crippen molar-refractivity contribution in [2.24, 2.45) is 11.5 Å². The standard InChI is InChI=1S/C6H14N2O2.Ar/c7-4-2-1-3-5(8)6(9)10;/h5H,1-4,7-8H2,(H,9,10);/t5-;/m0./s1. The monoisotopic (exact) mass is 186 g/mol. The van der Waals surface area contributed by atoms with E-state index in [1.54, 1.807) is 0 Å². The summed E-state index contributed by atoms with van der Waals surface area (Å²) in [5.41, 5.74) is 10.4. The van der Waals surface area contributed by atoms with Gasteiger partial charge in [-0.2, -0.15) is 0 Å². The van der Waals surface area contributed by atoms with Crippen molar-refractivity contribution in [3.8, 4) is 0 Å². The molecule has 0 spiro atoms. The molecule has 0 aliphatic heterocycles. The van der Waals surface area contributed by atoms with Gasteiger partial charge in [-0.15, -0.1) is 0 Å². The summed E-state index contributed by atoms with van der Waals surface area (Å²) < 4.78 is 0. The van der Waals surface area contributed by atoms with E-state index in [-0.39, 0.29) is 37.7 Å². The molecular formula is C6H14ArN2O2. The Balaban J connectivity index is 0. The first-order chi connectivity index (χ1) is 4.68.